The van der Waals surface area contributed by atoms with Crippen molar-refractivity contribution in [3.05, 3.63) is 34.6 Å². The van der Waals surface area contributed by atoms with Gasteiger partial charge in [0.25, 0.3) is 0 Å². The van der Waals surface area contributed by atoms with Gasteiger partial charge < -0.3 is 14.9 Å². The van der Waals surface area contributed by atoms with Crippen molar-refractivity contribution in [2.45, 2.75) is 19.4 Å². The van der Waals surface area contributed by atoms with Crippen molar-refractivity contribution in [2.24, 2.45) is 5.92 Å². The smallest absolute Gasteiger partial charge is 0.414 e. The van der Waals surface area contributed by atoms with E-state index in [1.807, 2.05) is 0 Å². The first kappa shape index (κ1) is 20.3. The number of likely N-dealkylation sites (tertiary alicyclic amines) is 1. The summed E-state index contributed by atoms with van der Waals surface area (Å²) in [6, 6.07) is 4.86. The summed E-state index contributed by atoms with van der Waals surface area (Å²) in [5.74, 6) is -3.31. The standard InChI is InChI=1S/C14H19ClFNO.C2H2O4/c1-18-10-11-4-3-7-17(8-11)9-12-13(15)5-2-6-14(12)16;3-1(4)2(5)6/h2,5-6,11H,3-4,7-10H2,1H3;(H,3,4)(H,5,6). The van der Waals surface area contributed by atoms with Gasteiger partial charge in [0.15, 0.2) is 0 Å². The van der Waals surface area contributed by atoms with Gasteiger partial charge in [0.1, 0.15) is 5.82 Å². The predicted molar refractivity (Wildman–Crippen MR) is 86.6 cm³/mol. The number of halogens is 2. The van der Waals surface area contributed by atoms with Crippen LogP contribution in [0.2, 0.25) is 5.02 Å². The van der Waals surface area contributed by atoms with Crippen LogP contribution in [-0.2, 0) is 20.9 Å². The van der Waals surface area contributed by atoms with E-state index in [0.29, 0.717) is 23.0 Å². The zero-order chi connectivity index (χ0) is 18.1. The van der Waals surface area contributed by atoms with Crippen LogP contribution in [0.15, 0.2) is 18.2 Å². The molecular formula is C16H21ClFNO5. The lowest BCUT2D eigenvalue weighted by atomic mass is 9.98. The van der Waals surface area contributed by atoms with E-state index in [2.05, 4.69) is 4.90 Å². The van der Waals surface area contributed by atoms with E-state index in [1.165, 1.54) is 12.5 Å². The number of rotatable bonds is 4. The highest BCUT2D eigenvalue weighted by molar-refractivity contribution is 6.31. The third kappa shape index (κ3) is 6.82. The maximum atomic E-state index is 13.7. The van der Waals surface area contributed by atoms with E-state index in [1.54, 1.807) is 19.2 Å². The average molecular weight is 362 g/mol. The Hall–Kier alpha value is -1.70. The van der Waals surface area contributed by atoms with Gasteiger partial charge in [-0.15, -0.1) is 0 Å². The minimum absolute atomic E-state index is 0.212. The van der Waals surface area contributed by atoms with Gasteiger partial charge in [0.05, 0.1) is 6.61 Å². The monoisotopic (exact) mass is 361 g/mol. The van der Waals surface area contributed by atoms with E-state index in [4.69, 9.17) is 36.1 Å². The molecule has 0 saturated carbocycles. The summed E-state index contributed by atoms with van der Waals surface area (Å²) in [4.78, 5) is 20.5. The Labute approximate surface area is 144 Å². The fourth-order valence-electron chi connectivity index (χ4n) is 2.57. The highest BCUT2D eigenvalue weighted by Crippen LogP contribution is 2.24. The first-order valence-electron chi connectivity index (χ1n) is 7.45. The highest BCUT2D eigenvalue weighted by Gasteiger charge is 2.21. The van der Waals surface area contributed by atoms with E-state index in [-0.39, 0.29) is 5.82 Å². The minimum atomic E-state index is -1.82. The normalized spacial score (nSPS) is 17.7. The van der Waals surface area contributed by atoms with E-state index in [9.17, 15) is 4.39 Å². The van der Waals surface area contributed by atoms with Crippen LogP contribution in [0.1, 0.15) is 18.4 Å². The number of nitrogens with zero attached hydrogens (tertiary/aromatic N) is 1. The highest BCUT2D eigenvalue weighted by atomic mass is 35.5. The summed E-state index contributed by atoms with van der Waals surface area (Å²) in [5.41, 5.74) is 0.609. The second-order valence-electron chi connectivity index (χ2n) is 5.51. The molecule has 1 aromatic carbocycles. The molecule has 0 aromatic heterocycles. The number of hydrogen-bond donors (Lipinski definition) is 2. The largest absolute Gasteiger partial charge is 0.473 e. The van der Waals surface area contributed by atoms with Crippen LogP contribution in [-0.4, -0.2) is 53.9 Å². The lowest BCUT2D eigenvalue weighted by molar-refractivity contribution is -0.159. The molecular weight excluding hydrogens is 341 g/mol. The number of benzene rings is 1. The number of piperidine rings is 1. The van der Waals surface area contributed by atoms with Crippen molar-refractivity contribution in [3.8, 4) is 0 Å². The molecule has 0 radical (unpaired) electrons. The number of aliphatic carboxylic acids is 2. The van der Waals surface area contributed by atoms with E-state index >= 15 is 0 Å². The number of ether oxygens (including phenoxy) is 1. The quantitative estimate of drug-likeness (QED) is 0.801. The van der Waals surface area contributed by atoms with Crippen molar-refractivity contribution in [3.63, 3.8) is 0 Å². The van der Waals surface area contributed by atoms with Crippen molar-refractivity contribution in [2.75, 3.05) is 26.8 Å². The Bertz CT molecular complexity index is 535. The number of hydrogen-bond acceptors (Lipinski definition) is 4. The minimum Gasteiger partial charge on any atom is -0.473 e. The van der Waals surface area contributed by atoms with Crippen LogP contribution >= 0.6 is 11.6 Å². The Morgan fingerprint density at radius 3 is 2.58 bits per heavy atom. The van der Waals surface area contributed by atoms with Crippen LogP contribution in [0, 0.1) is 11.7 Å². The molecule has 134 valence electrons. The number of methoxy groups -OCH3 is 1. The SMILES string of the molecule is COCC1CCCN(Cc2c(F)cccc2Cl)C1.O=C(O)C(=O)O. The third-order valence-electron chi connectivity index (χ3n) is 3.63. The molecule has 2 rings (SSSR count). The van der Waals surface area contributed by atoms with Crippen molar-refractivity contribution in [1.82, 2.24) is 4.90 Å². The zero-order valence-corrected chi connectivity index (χ0v) is 14.1. The molecule has 1 saturated heterocycles. The summed E-state index contributed by atoms with van der Waals surface area (Å²) in [5, 5.41) is 15.3. The predicted octanol–water partition coefficient (Wildman–Crippen LogP) is 2.49. The molecule has 24 heavy (non-hydrogen) atoms. The molecule has 8 heteroatoms. The average Bonchev–Trinajstić information content (AvgIpc) is 2.52. The zero-order valence-electron chi connectivity index (χ0n) is 13.4. The number of carboxylic acids is 2. The molecule has 0 spiro atoms. The fourth-order valence-corrected chi connectivity index (χ4v) is 2.80. The Balaban J connectivity index is 0.000000413. The Morgan fingerprint density at radius 2 is 2.04 bits per heavy atom. The molecule has 1 heterocycles. The summed E-state index contributed by atoms with van der Waals surface area (Å²) in [6.07, 6.45) is 2.33. The third-order valence-corrected chi connectivity index (χ3v) is 3.99. The van der Waals surface area contributed by atoms with Gasteiger partial charge in [-0.25, -0.2) is 14.0 Å². The van der Waals surface area contributed by atoms with E-state index < -0.39 is 11.9 Å². The first-order valence-corrected chi connectivity index (χ1v) is 7.83. The molecule has 1 aliphatic rings. The molecule has 1 aromatic rings. The summed E-state index contributed by atoms with van der Waals surface area (Å²) in [6.45, 7) is 3.33. The maximum absolute atomic E-state index is 13.7. The van der Waals surface area contributed by atoms with Crippen LogP contribution in [0.25, 0.3) is 0 Å². The molecule has 1 atom stereocenters. The molecule has 6 nitrogen and oxygen atoms in total. The van der Waals surface area contributed by atoms with Gasteiger partial charge in [-0.3, -0.25) is 4.90 Å². The number of carboxylic acid groups (broad SMARTS) is 2. The summed E-state index contributed by atoms with van der Waals surface area (Å²) >= 11 is 6.05. The van der Waals surface area contributed by atoms with Crippen LogP contribution < -0.4 is 0 Å². The van der Waals surface area contributed by atoms with Crippen LogP contribution in [0.5, 0.6) is 0 Å². The van der Waals surface area contributed by atoms with Gasteiger partial charge >= 0.3 is 11.9 Å². The van der Waals surface area contributed by atoms with Crippen LogP contribution in [0.4, 0.5) is 4.39 Å². The van der Waals surface area contributed by atoms with E-state index in [0.717, 1.165) is 26.1 Å². The molecule has 0 aliphatic carbocycles. The van der Waals surface area contributed by atoms with Crippen molar-refractivity contribution in [1.29, 1.82) is 0 Å². The van der Waals surface area contributed by atoms with Gasteiger partial charge in [0.2, 0.25) is 0 Å². The molecule has 1 aliphatic heterocycles. The lowest BCUT2D eigenvalue weighted by Gasteiger charge is -2.32. The molecule has 0 bridgehead atoms. The van der Waals surface area contributed by atoms with Gasteiger partial charge in [-0.05, 0) is 37.4 Å². The first-order chi connectivity index (χ1) is 11.3. The second-order valence-corrected chi connectivity index (χ2v) is 5.92. The fraction of sp³-hybridized carbons (Fsp3) is 0.500. The molecule has 1 fully saturated rings. The summed E-state index contributed by atoms with van der Waals surface area (Å²) < 4.78 is 18.9. The van der Waals surface area contributed by atoms with Crippen LogP contribution in [0.3, 0.4) is 0 Å². The van der Waals surface area contributed by atoms with Crippen molar-refractivity contribution < 1.29 is 28.9 Å². The Morgan fingerprint density at radius 1 is 1.38 bits per heavy atom. The topological polar surface area (TPSA) is 87.1 Å². The van der Waals surface area contributed by atoms with Gasteiger partial charge in [-0.2, -0.15) is 0 Å². The van der Waals surface area contributed by atoms with Gasteiger partial charge in [0, 0.05) is 30.8 Å². The molecule has 1 unspecified atom stereocenters. The molecule has 2 N–H and O–H groups in total. The number of carbonyl (C=O) groups is 2. The van der Waals surface area contributed by atoms with Gasteiger partial charge in [-0.1, -0.05) is 17.7 Å². The maximum Gasteiger partial charge on any atom is 0.414 e. The molecule has 0 amide bonds. The summed E-state index contributed by atoms with van der Waals surface area (Å²) in [7, 11) is 1.73. The van der Waals surface area contributed by atoms with Crippen molar-refractivity contribution >= 4 is 23.5 Å². The Kier molecular flexibility index (Phi) is 8.67. The second kappa shape index (κ2) is 10.2. The lowest BCUT2D eigenvalue weighted by Crippen LogP contribution is -2.36.